The molecule has 0 radical (unpaired) electrons. The number of methoxy groups -OCH3 is 3. The van der Waals surface area contributed by atoms with Gasteiger partial charge in [-0.15, -0.1) is 0 Å². The van der Waals surface area contributed by atoms with E-state index in [1.807, 2.05) is 0 Å². The van der Waals surface area contributed by atoms with Crippen LogP contribution in [0.1, 0.15) is 32.3 Å². The van der Waals surface area contributed by atoms with Gasteiger partial charge in [0.1, 0.15) is 11.5 Å². The second kappa shape index (κ2) is 7.49. The van der Waals surface area contributed by atoms with E-state index in [1.165, 1.54) is 12.1 Å². The molecule has 0 spiro atoms. The Morgan fingerprint density at radius 1 is 0.929 bits per heavy atom. The second-order valence-electron chi connectivity index (χ2n) is 7.08. The van der Waals surface area contributed by atoms with Crippen LogP contribution in [0.15, 0.2) is 24.3 Å². The predicted octanol–water partition coefficient (Wildman–Crippen LogP) is 1.78. The Morgan fingerprint density at radius 3 is 1.93 bits per heavy atom. The summed E-state index contributed by atoms with van der Waals surface area (Å²) in [4.78, 5) is 52.4. The van der Waals surface area contributed by atoms with Crippen LogP contribution in [0, 0.1) is 0 Å². The standard InChI is InChI=1S/C19H23NO8/c1-18(2,3)28-17(24)20-12-10-8-7-9-11(12)13(14(21)25-4)19(20,15(22)26-5)16(23)27-6/h7-10,13H,1-6H3/t13-/m1/s1. The number of rotatable bonds is 3. The van der Waals surface area contributed by atoms with Crippen LogP contribution in [0.2, 0.25) is 0 Å². The van der Waals surface area contributed by atoms with Gasteiger partial charge in [-0.3, -0.25) is 4.79 Å². The molecule has 1 heterocycles. The van der Waals surface area contributed by atoms with E-state index in [2.05, 4.69) is 0 Å². The van der Waals surface area contributed by atoms with Crippen molar-refractivity contribution in [2.75, 3.05) is 26.2 Å². The summed E-state index contributed by atoms with van der Waals surface area (Å²) in [7, 11) is 3.19. The molecule has 1 aromatic carbocycles. The van der Waals surface area contributed by atoms with Crippen LogP contribution in [-0.2, 0) is 33.3 Å². The first-order valence-electron chi connectivity index (χ1n) is 8.43. The fourth-order valence-corrected chi connectivity index (χ4v) is 3.26. The van der Waals surface area contributed by atoms with E-state index in [0.717, 1.165) is 26.2 Å². The number of esters is 3. The molecule has 1 amide bonds. The first-order chi connectivity index (χ1) is 13.1. The zero-order valence-corrected chi connectivity index (χ0v) is 16.6. The van der Waals surface area contributed by atoms with Crippen molar-refractivity contribution >= 4 is 29.7 Å². The minimum Gasteiger partial charge on any atom is -0.468 e. The highest BCUT2D eigenvalue weighted by molar-refractivity contribution is 6.21. The SMILES string of the molecule is COC(=O)[C@H]1c2ccccc2N(C(=O)OC(C)(C)C)C1(C(=O)OC)C(=O)OC. The maximum absolute atomic E-state index is 13.1. The van der Waals surface area contributed by atoms with Gasteiger partial charge in [0, 0.05) is 0 Å². The molecule has 9 nitrogen and oxygen atoms in total. The Balaban J connectivity index is 2.87. The Morgan fingerprint density at radius 2 is 1.46 bits per heavy atom. The number of amides is 1. The molecule has 0 aliphatic carbocycles. The van der Waals surface area contributed by atoms with Crippen molar-refractivity contribution in [3.8, 4) is 0 Å². The van der Waals surface area contributed by atoms with Crippen LogP contribution in [0.5, 0.6) is 0 Å². The van der Waals surface area contributed by atoms with Gasteiger partial charge >= 0.3 is 24.0 Å². The largest absolute Gasteiger partial charge is 0.468 e. The Bertz CT molecular complexity index is 794. The van der Waals surface area contributed by atoms with Gasteiger partial charge in [0.05, 0.1) is 27.0 Å². The summed E-state index contributed by atoms with van der Waals surface area (Å²) in [5, 5.41) is 0. The number of nitrogens with zero attached hydrogens (tertiary/aromatic N) is 1. The summed E-state index contributed by atoms with van der Waals surface area (Å²) in [5.74, 6) is -4.72. The predicted molar refractivity (Wildman–Crippen MR) is 96.7 cm³/mol. The van der Waals surface area contributed by atoms with Crippen LogP contribution in [0.25, 0.3) is 0 Å². The van der Waals surface area contributed by atoms with Crippen LogP contribution >= 0.6 is 0 Å². The molecule has 0 saturated carbocycles. The zero-order chi connectivity index (χ0) is 21.3. The molecule has 0 aromatic heterocycles. The summed E-state index contributed by atoms with van der Waals surface area (Å²) >= 11 is 0. The van der Waals surface area contributed by atoms with Gasteiger partial charge in [-0.25, -0.2) is 19.3 Å². The smallest absolute Gasteiger partial charge is 0.416 e. The molecule has 9 heteroatoms. The Hall–Kier alpha value is -3.10. The number of hydrogen-bond donors (Lipinski definition) is 0. The quantitative estimate of drug-likeness (QED) is 0.434. The minimum absolute atomic E-state index is 0.142. The van der Waals surface area contributed by atoms with Crippen LogP contribution in [0.4, 0.5) is 10.5 Å². The monoisotopic (exact) mass is 393 g/mol. The Kier molecular flexibility index (Phi) is 5.67. The molecule has 1 aliphatic heterocycles. The van der Waals surface area contributed by atoms with E-state index in [4.69, 9.17) is 18.9 Å². The van der Waals surface area contributed by atoms with Gasteiger partial charge in [-0.05, 0) is 32.4 Å². The molecular formula is C19H23NO8. The molecule has 1 aromatic rings. The van der Waals surface area contributed by atoms with E-state index < -0.39 is 41.1 Å². The third-order valence-electron chi connectivity index (χ3n) is 4.27. The third kappa shape index (κ3) is 3.17. The summed E-state index contributed by atoms with van der Waals surface area (Å²) in [5.41, 5.74) is -3.03. The lowest BCUT2D eigenvalue weighted by atomic mass is 9.81. The normalized spacial score (nSPS) is 17.4. The van der Waals surface area contributed by atoms with Crippen LogP contribution in [-0.4, -0.2) is 56.5 Å². The third-order valence-corrected chi connectivity index (χ3v) is 4.27. The van der Waals surface area contributed by atoms with E-state index in [1.54, 1.807) is 32.9 Å². The summed E-state index contributed by atoms with van der Waals surface area (Å²) < 4.78 is 19.9. The molecule has 152 valence electrons. The number of anilines is 1. The van der Waals surface area contributed by atoms with Crippen molar-refractivity contribution in [3.05, 3.63) is 29.8 Å². The molecule has 0 N–H and O–H groups in total. The maximum atomic E-state index is 13.1. The van der Waals surface area contributed by atoms with Crippen LogP contribution < -0.4 is 4.90 Å². The molecule has 0 fully saturated rings. The lowest BCUT2D eigenvalue weighted by Crippen LogP contribution is -2.65. The average Bonchev–Trinajstić information content (AvgIpc) is 2.96. The van der Waals surface area contributed by atoms with Crippen molar-refractivity contribution in [2.45, 2.75) is 37.8 Å². The molecule has 1 atom stereocenters. The van der Waals surface area contributed by atoms with Gasteiger partial charge in [-0.2, -0.15) is 0 Å². The first kappa shape index (κ1) is 21.2. The van der Waals surface area contributed by atoms with E-state index in [9.17, 15) is 19.2 Å². The highest BCUT2D eigenvalue weighted by atomic mass is 16.6. The number of ether oxygens (including phenoxy) is 4. The van der Waals surface area contributed by atoms with E-state index in [0.29, 0.717) is 0 Å². The lowest BCUT2D eigenvalue weighted by Gasteiger charge is -2.36. The zero-order valence-electron chi connectivity index (χ0n) is 16.6. The maximum Gasteiger partial charge on any atom is 0.416 e. The van der Waals surface area contributed by atoms with Gasteiger partial charge in [0.15, 0.2) is 0 Å². The molecular weight excluding hydrogens is 370 g/mol. The van der Waals surface area contributed by atoms with Crippen molar-refractivity contribution in [1.82, 2.24) is 0 Å². The van der Waals surface area contributed by atoms with E-state index in [-0.39, 0.29) is 11.3 Å². The number of para-hydroxylation sites is 1. The topological polar surface area (TPSA) is 108 Å². The van der Waals surface area contributed by atoms with E-state index >= 15 is 0 Å². The van der Waals surface area contributed by atoms with Crippen molar-refractivity contribution in [3.63, 3.8) is 0 Å². The summed E-state index contributed by atoms with van der Waals surface area (Å²) in [6, 6.07) is 6.20. The minimum atomic E-state index is -2.47. The Labute approximate surface area is 162 Å². The van der Waals surface area contributed by atoms with Crippen LogP contribution in [0.3, 0.4) is 0 Å². The van der Waals surface area contributed by atoms with Gasteiger partial charge < -0.3 is 18.9 Å². The first-order valence-corrected chi connectivity index (χ1v) is 8.43. The molecule has 0 unspecified atom stereocenters. The summed E-state index contributed by atoms with van der Waals surface area (Å²) in [6.45, 7) is 4.88. The fraction of sp³-hybridized carbons (Fsp3) is 0.474. The number of carbonyl (C=O) groups is 4. The van der Waals surface area contributed by atoms with Crippen molar-refractivity contribution in [1.29, 1.82) is 0 Å². The molecule has 0 saturated heterocycles. The van der Waals surface area contributed by atoms with Gasteiger partial charge in [0.2, 0.25) is 0 Å². The molecule has 2 rings (SSSR count). The molecule has 0 bridgehead atoms. The fourth-order valence-electron chi connectivity index (χ4n) is 3.26. The highest BCUT2D eigenvalue weighted by Crippen LogP contribution is 2.50. The highest BCUT2D eigenvalue weighted by Gasteiger charge is 2.69. The average molecular weight is 393 g/mol. The summed E-state index contributed by atoms with van der Waals surface area (Å²) in [6.07, 6.45) is -1.01. The number of hydrogen-bond acceptors (Lipinski definition) is 8. The van der Waals surface area contributed by atoms with Crippen molar-refractivity contribution in [2.24, 2.45) is 0 Å². The second-order valence-corrected chi connectivity index (χ2v) is 7.08. The van der Waals surface area contributed by atoms with Crippen molar-refractivity contribution < 1.29 is 38.1 Å². The van der Waals surface area contributed by atoms with Gasteiger partial charge in [-0.1, -0.05) is 18.2 Å². The number of fused-ring (bicyclic) bond motifs is 1. The number of carbonyl (C=O) groups excluding carboxylic acids is 4. The molecule has 1 aliphatic rings. The van der Waals surface area contributed by atoms with Gasteiger partial charge in [0.25, 0.3) is 5.54 Å². The molecule has 28 heavy (non-hydrogen) atoms. The lowest BCUT2D eigenvalue weighted by molar-refractivity contribution is -0.167. The number of benzene rings is 1.